The monoisotopic (exact) mass is 398 g/mol. The fraction of sp³-hybridized carbons (Fsp3) is 0.800. The Balaban J connectivity index is 4.83. The van der Waals surface area contributed by atoms with Gasteiger partial charge in [-0.2, -0.15) is 0 Å². The standard InChI is InChI=1S/C8H11.3C4H9.Sn/c1-4-5-6-7-8(2)3;3*1-3-4-2;/h1,4,8H,7H2,2-3H3;3*1,3-4H2,2H3;. The first-order valence-electron chi connectivity index (χ1n) is 9.26. The topological polar surface area (TPSA) is 0 Å². The third kappa shape index (κ3) is 11.3. The average molecular weight is 397 g/mol. The van der Waals surface area contributed by atoms with Crippen LogP contribution < -0.4 is 0 Å². The number of allylic oxidation sites excluding steroid dienone is 1. The molecule has 0 aromatic carbocycles. The fourth-order valence-corrected chi connectivity index (χ4v) is 16.6. The third-order valence-electron chi connectivity index (χ3n) is 4.22. The van der Waals surface area contributed by atoms with Crippen molar-refractivity contribution in [1.29, 1.82) is 0 Å². The molecule has 0 aliphatic heterocycles. The van der Waals surface area contributed by atoms with Gasteiger partial charge < -0.3 is 0 Å². The molecule has 0 unspecified atom stereocenters. The van der Waals surface area contributed by atoms with Crippen molar-refractivity contribution >= 4 is 18.4 Å². The molecule has 0 bridgehead atoms. The van der Waals surface area contributed by atoms with Crippen LogP contribution in [0.5, 0.6) is 0 Å². The van der Waals surface area contributed by atoms with Gasteiger partial charge in [0, 0.05) is 0 Å². The second kappa shape index (κ2) is 13.7. The predicted molar refractivity (Wildman–Crippen MR) is 101 cm³/mol. The first-order chi connectivity index (χ1) is 10.1. The Bertz CT molecular complexity index is 295. The number of unbranched alkanes of at least 4 members (excludes halogenated alkanes) is 3. The first kappa shape index (κ1) is 21.1. The molecule has 0 aliphatic rings. The average Bonchev–Trinajstić information content (AvgIpc) is 2.47. The molecule has 1 heteroatoms. The zero-order valence-electron chi connectivity index (χ0n) is 15.3. The first-order valence-corrected chi connectivity index (χ1v) is 17.0. The summed E-state index contributed by atoms with van der Waals surface area (Å²) in [7, 11) is 0. The maximum atomic E-state index is 3.32. The Morgan fingerprint density at radius 2 is 1.33 bits per heavy atom. The summed E-state index contributed by atoms with van der Waals surface area (Å²) in [6.07, 6.45) is 11.6. The van der Waals surface area contributed by atoms with Crippen molar-refractivity contribution in [3.05, 3.63) is 10.2 Å². The Morgan fingerprint density at radius 3 is 1.71 bits per heavy atom. The zero-order chi connectivity index (χ0) is 16.0. The molecule has 0 aromatic rings. The molecular weight excluding hydrogens is 359 g/mol. The van der Waals surface area contributed by atoms with Crippen LogP contribution in [0, 0.1) is 17.8 Å². The van der Waals surface area contributed by atoms with E-state index in [0.717, 1.165) is 6.42 Å². The van der Waals surface area contributed by atoms with Gasteiger partial charge in [-0.3, -0.25) is 0 Å². The Kier molecular flexibility index (Phi) is 13.8. The molecule has 0 amide bonds. The van der Waals surface area contributed by atoms with E-state index in [0.29, 0.717) is 5.92 Å². The quantitative estimate of drug-likeness (QED) is 0.261. The number of rotatable bonds is 11. The fourth-order valence-electron chi connectivity index (χ4n) is 2.75. The summed E-state index contributed by atoms with van der Waals surface area (Å²) in [4.78, 5) is 0. The van der Waals surface area contributed by atoms with Crippen LogP contribution >= 0.6 is 0 Å². The molecule has 0 rings (SSSR count). The van der Waals surface area contributed by atoms with E-state index in [4.69, 9.17) is 0 Å². The molecule has 0 N–H and O–H groups in total. The molecule has 0 heterocycles. The molecule has 0 saturated heterocycles. The summed E-state index contributed by atoms with van der Waals surface area (Å²) < 4.78 is 7.32. The van der Waals surface area contributed by atoms with Crippen LogP contribution in [0.2, 0.25) is 13.3 Å². The molecule has 0 atom stereocenters. The molecule has 0 spiro atoms. The van der Waals surface area contributed by atoms with Gasteiger partial charge >= 0.3 is 139 Å². The van der Waals surface area contributed by atoms with Crippen molar-refractivity contribution < 1.29 is 0 Å². The number of hydrogen-bond acceptors (Lipinski definition) is 0. The second-order valence-corrected chi connectivity index (χ2v) is 19.9. The second-order valence-electron chi connectivity index (χ2n) is 6.93. The van der Waals surface area contributed by atoms with E-state index in [1.165, 1.54) is 38.5 Å². The molecule has 0 aliphatic carbocycles. The van der Waals surface area contributed by atoms with E-state index in [9.17, 15) is 0 Å². The van der Waals surface area contributed by atoms with Crippen LogP contribution in [0.25, 0.3) is 0 Å². The van der Waals surface area contributed by atoms with Gasteiger partial charge in [-0.05, 0) is 0 Å². The molecule has 0 aromatic heterocycles. The number of hydrogen-bond donors (Lipinski definition) is 0. The van der Waals surface area contributed by atoms with Crippen molar-refractivity contribution in [3.8, 4) is 11.8 Å². The summed E-state index contributed by atoms with van der Waals surface area (Å²) in [5.41, 5.74) is 0. The molecule has 0 radical (unpaired) electrons. The van der Waals surface area contributed by atoms with Crippen molar-refractivity contribution in [2.75, 3.05) is 0 Å². The van der Waals surface area contributed by atoms with Crippen LogP contribution in [0.3, 0.4) is 0 Å². The van der Waals surface area contributed by atoms with E-state index in [2.05, 4.69) is 56.6 Å². The van der Waals surface area contributed by atoms with Gasteiger partial charge in [0.25, 0.3) is 0 Å². The zero-order valence-corrected chi connectivity index (χ0v) is 18.2. The van der Waals surface area contributed by atoms with Crippen LogP contribution in [-0.4, -0.2) is 18.4 Å². The van der Waals surface area contributed by atoms with E-state index in [1.54, 1.807) is 13.3 Å². The van der Waals surface area contributed by atoms with Crippen molar-refractivity contribution in [3.63, 3.8) is 0 Å². The normalized spacial score (nSPS) is 11.9. The van der Waals surface area contributed by atoms with Crippen molar-refractivity contribution in [2.24, 2.45) is 5.92 Å². The molecule has 21 heavy (non-hydrogen) atoms. The Hall–Kier alpha value is 0.0987. The van der Waals surface area contributed by atoms with Gasteiger partial charge in [0.2, 0.25) is 0 Å². The minimum atomic E-state index is -2.05. The minimum absolute atomic E-state index is 0.694. The van der Waals surface area contributed by atoms with Gasteiger partial charge in [0.05, 0.1) is 0 Å². The summed E-state index contributed by atoms with van der Waals surface area (Å²) >= 11 is -2.05. The molecule has 0 fully saturated rings. The van der Waals surface area contributed by atoms with Crippen molar-refractivity contribution in [1.82, 2.24) is 0 Å². The van der Waals surface area contributed by atoms with E-state index in [-0.39, 0.29) is 0 Å². The third-order valence-corrected chi connectivity index (χ3v) is 18.3. The summed E-state index contributed by atoms with van der Waals surface area (Å²) in [5.74, 6) is 7.34. The molecule has 122 valence electrons. The van der Waals surface area contributed by atoms with Gasteiger partial charge in [-0.15, -0.1) is 0 Å². The molecular formula is C20H38Sn. The summed E-state index contributed by atoms with van der Waals surface area (Å²) in [6, 6.07) is 0. The van der Waals surface area contributed by atoms with Crippen LogP contribution in [-0.2, 0) is 0 Å². The van der Waals surface area contributed by atoms with Gasteiger partial charge in [-0.1, -0.05) is 0 Å². The van der Waals surface area contributed by atoms with Crippen LogP contribution in [0.15, 0.2) is 10.2 Å². The van der Waals surface area contributed by atoms with Crippen LogP contribution in [0.4, 0.5) is 0 Å². The van der Waals surface area contributed by atoms with E-state index >= 15 is 0 Å². The molecule has 0 nitrogen and oxygen atoms in total. The summed E-state index contributed by atoms with van der Waals surface area (Å²) in [5, 5.41) is 0. The van der Waals surface area contributed by atoms with Crippen LogP contribution in [0.1, 0.15) is 79.6 Å². The summed E-state index contributed by atoms with van der Waals surface area (Å²) in [6.45, 7) is 11.5. The molecule has 0 saturated carbocycles. The Labute approximate surface area is 139 Å². The van der Waals surface area contributed by atoms with E-state index < -0.39 is 18.4 Å². The van der Waals surface area contributed by atoms with Crippen molar-refractivity contribution in [2.45, 2.75) is 92.9 Å². The van der Waals surface area contributed by atoms with E-state index in [1.807, 2.05) is 0 Å². The van der Waals surface area contributed by atoms with Gasteiger partial charge in [-0.25, -0.2) is 0 Å². The maximum absolute atomic E-state index is 3.32. The predicted octanol–water partition coefficient (Wildman–Crippen LogP) is 6.98. The SMILES string of the molecule is CCC[CH2][Sn]([CH]=CC#CCC(C)C)([CH2]CCC)[CH2]CCC. The van der Waals surface area contributed by atoms with Gasteiger partial charge in [0.15, 0.2) is 0 Å². The van der Waals surface area contributed by atoms with Gasteiger partial charge in [0.1, 0.15) is 0 Å². The Morgan fingerprint density at radius 1 is 0.857 bits per heavy atom.